The first-order valence-electron chi connectivity index (χ1n) is 4.94. The smallest absolute Gasteiger partial charge is 0.413 e. The number of nitrogens with one attached hydrogen (secondary N) is 2. The minimum atomic E-state index is -0.764. The predicted molar refractivity (Wildman–Crippen MR) is 67.8 cm³/mol. The molecular weight excluding hydrogens is 288 g/mol. The van der Waals surface area contributed by atoms with Gasteiger partial charge >= 0.3 is 6.09 Å². The largest absolute Gasteiger partial charge is 0.453 e. The number of amides is 2. The molecule has 0 saturated heterocycles. The third-order valence-electron chi connectivity index (χ3n) is 2.03. The summed E-state index contributed by atoms with van der Waals surface area (Å²) in [5.74, 6) is -0.445. The molecule has 1 aromatic carbocycles. The molecule has 0 aliphatic carbocycles. The fourth-order valence-corrected chi connectivity index (χ4v) is 1.39. The van der Waals surface area contributed by atoms with Crippen molar-refractivity contribution in [2.75, 3.05) is 12.4 Å². The van der Waals surface area contributed by atoms with Gasteiger partial charge in [0.1, 0.15) is 6.04 Å². The van der Waals surface area contributed by atoms with E-state index in [9.17, 15) is 9.59 Å². The SMILES string of the molecule is COC(=O)NC(=O)[C@@H](C)Nc1ccc(Br)cc1. The lowest BCUT2D eigenvalue weighted by atomic mass is 10.2. The molecule has 5 nitrogen and oxygen atoms in total. The molecule has 2 N–H and O–H groups in total. The number of rotatable bonds is 3. The van der Waals surface area contributed by atoms with Gasteiger partial charge in [0.2, 0.25) is 0 Å². The number of hydrogen-bond donors (Lipinski definition) is 2. The van der Waals surface area contributed by atoms with Crippen LogP contribution in [-0.2, 0) is 9.53 Å². The van der Waals surface area contributed by atoms with E-state index in [1.165, 1.54) is 7.11 Å². The first-order valence-corrected chi connectivity index (χ1v) is 5.73. The third kappa shape index (κ3) is 4.44. The zero-order valence-electron chi connectivity index (χ0n) is 9.49. The molecule has 17 heavy (non-hydrogen) atoms. The molecule has 1 aromatic rings. The number of anilines is 1. The lowest BCUT2D eigenvalue weighted by Gasteiger charge is -2.14. The topological polar surface area (TPSA) is 67.4 Å². The molecular formula is C11H13BrN2O3. The van der Waals surface area contributed by atoms with Gasteiger partial charge in [0.05, 0.1) is 7.11 Å². The highest BCUT2D eigenvalue weighted by molar-refractivity contribution is 9.10. The Morgan fingerprint density at radius 2 is 1.88 bits per heavy atom. The van der Waals surface area contributed by atoms with Gasteiger partial charge in [0, 0.05) is 10.2 Å². The lowest BCUT2D eigenvalue weighted by Crippen LogP contribution is -2.40. The number of methoxy groups -OCH3 is 1. The third-order valence-corrected chi connectivity index (χ3v) is 2.56. The van der Waals surface area contributed by atoms with Crippen LogP contribution in [0.4, 0.5) is 10.5 Å². The highest BCUT2D eigenvalue weighted by atomic mass is 79.9. The number of benzene rings is 1. The van der Waals surface area contributed by atoms with Gasteiger partial charge in [-0.25, -0.2) is 4.79 Å². The quantitative estimate of drug-likeness (QED) is 0.897. The van der Waals surface area contributed by atoms with Crippen molar-refractivity contribution >= 4 is 33.6 Å². The minimum Gasteiger partial charge on any atom is -0.453 e. The highest BCUT2D eigenvalue weighted by Crippen LogP contribution is 2.14. The van der Waals surface area contributed by atoms with E-state index in [0.717, 1.165) is 10.2 Å². The second-order valence-electron chi connectivity index (χ2n) is 3.35. The van der Waals surface area contributed by atoms with E-state index in [2.05, 4.69) is 31.3 Å². The molecule has 1 atom stereocenters. The van der Waals surface area contributed by atoms with Crippen molar-refractivity contribution in [3.8, 4) is 0 Å². The van der Waals surface area contributed by atoms with E-state index in [-0.39, 0.29) is 0 Å². The number of alkyl carbamates (subject to hydrolysis) is 1. The Bertz CT molecular complexity index is 406. The maximum atomic E-state index is 11.5. The van der Waals surface area contributed by atoms with Gasteiger partial charge in [-0.3, -0.25) is 10.1 Å². The summed E-state index contributed by atoms with van der Waals surface area (Å²) in [6.07, 6.45) is -0.764. The van der Waals surface area contributed by atoms with Gasteiger partial charge in [-0.05, 0) is 31.2 Å². The van der Waals surface area contributed by atoms with Crippen LogP contribution in [0.2, 0.25) is 0 Å². The fraction of sp³-hybridized carbons (Fsp3) is 0.273. The van der Waals surface area contributed by atoms with Crippen molar-refractivity contribution < 1.29 is 14.3 Å². The molecule has 0 aromatic heterocycles. The van der Waals surface area contributed by atoms with E-state index in [4.69, 9.17) is 0 Å². The fourth-order valence-electron chi connectivity index (χ4n) is 1.12. The average Bonchev–Trinajstić information content (AvgIpc) is 2.31. The molecule has 0 unspecified atom stereocenters. The first kappa shape index (κ1) is 13.5. The Labute approximate surface area is 108 Å². The Morgan fingerprint density at radius 1 is 1.29 bits per heavy atom. The zero-order valence-corrected chi connectivity index (χ0v) is 11.1. The van der Waals surface area contributed by atoms with E-state index in [1.54, 1.807) is 6.92 Å². The molecule has 92 valence electrons. The number of halogens is 1. The van der Waals surface area contributed by atoms with Crippen molar-refractivity contribution in [2.24, 2.45) is 0 Å². The van der Waals surface area contributed by atoms with Crippen LogP contribution in [0.25, 0.3) is 0 Å². The standard InChI is InChI=1S/C11H13BrN2O3/c1-7(10(15)14-11(16)17-2)13-9-5-3-8(12)4-6-9/h3-7,13H,1-2H3,(H,14,15,16)/t7-/m1/s1. The molecule has 0 radical (unpaired) electrons. The second-order valence-corrected chi connectivity index (χ2v) is 4.27. The molecule has 0 heterocycles. The maximum absolute atomic E-state index is 11.5. The van der Waals surface area contributed by atoms with Crippen LogP contribution in [0, 0.1) is 0 Å². The van der Waals surface area contributed by atoms with Crippen molar-refractivity contribution in [3.05, 3.63) is 28.7 Å². The van der Waals surface area contributed by atoms with Crippen molar-refractivity contribution in [2.45, 2.75) is 13.0 Å². The average molecular weight is 301 g/mol. The Kier molecular flexibility index (Phi) is 4.96. The number of carbonyl (C=O) groups is 2. The van der Waals surface area contributed by atoms with Crippen LogP contribution >= 0.6 is 15.9 Å². The van der Waals surface area contributed by atoms with Crippen molar-refractivity contribution in [1.29, 1.82) is 0 Å². The first-order chi connectivity index (χ1) is 8.02. The van der Waals surface area contributed by atoms with E-state index in [0.29, 0.717) is 0 Å². The van der Waals surface area contributed by atoms with E-state index < -0.39 is 18.0 Å². The van der Waals surface area contributed by atoms with Crippen LogP contribution in [0.1, 0.15) is 6.92 Å². The Balaban J connectivity index is 2.54. The molecule has 2 amide bonds. The lowest BCUT2D eigenvalue weighted by molar-refractivity contribution is -0.120. The summed E-state index contributed by atoms with van der Waals surface area (Å²) >= 11 is 3.31. The summed E-state index contributed by atoms with van der Waals surface area (Å²) in [5.41, 5.74) is 0.792. The Hall–Kier alpha value is -1.56. The van der Waals surface area contributed by atoms with Gasteiger partial charge in [-0.1, -0.05) is 15.9 Å². The summed E-state index contributed by atoms with van der Waals surface area (Å²) in [5, 5.41) is 5.05. The van der Waals surface area contributed by atoms with Gasteiger partial charge in [-0.2, -0.15) is 0 Å². The summed E-state index contributed by atoms with van der Waals surface area (Å²) < 4.78 is 5.29. The summed E-state index contributed by atoms with van der Waals surface area (Å²) in [4.78, 5) is 22.3. The van der Waals surface area contributed by atoms with Crippen LogP contribution in [-0.4, -0.2) is 25.2 Å². The molecule has 6 heteroatoms. The Morgan fingerprint density at radius 3 is 2.41 bits per heavy atom. The summed E-state index contributed by atoms with van der Waals surface area (Å²) in [6.45, 7) is 1.65. The number of imide groups is 1. The van der Waals surface area contributed by atoms with Crippen LogP contribution in [0.15, 0.2) is 28.7 Å². The number of ether oxygens (including phenoxy) is 1. The highest BCUT2D eigenvalue weighted by Gasteiger charge is 2.15. The zero-order chi connectivity index (χ0) is 12.8. The molecule has 0 bridgehead atoms. The second kappa shape index (κ2) is 6.24. The molecule has 0 fully saturated rings. The maximum Gasteiger partial charge on any atom is 0.413 e. The molecule has 0 spiro atoms. The van der Waals surface area contributed by atoms with Crippen LogP contribution < -0.4 is 10.6 Å². The van der Waals surface area contributed by atoms with Gasteiger partial charge in [0.25, 0.3) is 5.91 Å². The monoisotopic (exact) mass is 300 g/mol. The summed E-state index contributed by atoms with van der Waals surface area (Å²) in [7, 11) is 1.20. The molecule has 0 saturated carbocycles. The summed E-state index contributed by atoms with van der Waals surface area (Å²) in [6, 6.07) is 6.83. The molecule has 0 aliphatic rings. The molecule has 1 rings (SSSR count). The number of carbonyl (C=O) groups excluding carboxylic acids is 2. The van der Waals surface area contributed by atoms with Gasteiger partial charge < -0.3 is 10.1 Å². The van der Waals surface area contributed by atoms with Crippen LogP contribution in [0.5, 0.6) is 0 Å². The molecule has 0 aliphatic heterocycles. The van der Waals surface area contributed by atoms with E-state index >= 15 is 0 Å². The van der Waals surface area contributed by atoms with Crippen molar-refractivity contribution in [3.63, 3.8) is 0 Å². The normalized spacial score (nSPS) is 11.5. The van der Waals surface area contributed by atoms with Gasteiger partial charge in [-0.15, -0.1) is 0 Å². The van der Waals surface area contributed by atoms with E-state index in [1.807, 2.05) is 24.3 Å². The van der Waals surface area contributed by atoms with Crippen LogP contribution in [0.3, 0.4) is 0 Å². The van der Waals surface area contributed by atoms with Crippen molar-refractivity contribution in [1.82, 2.24) is 5.32 Å². The minimum absolute atomic E-state index is 0.445. The predicted octanol–water partition coefficient (Wildman–Crippen LogP) is 2.13. The van der Waals surface area contributed by atoms with Gasteiger partial charge in [0.15, 0.2) is 0 Å². The number of hydrogen-bond acceptors (Lipinski definition) is 4.